The predicted molar refractivity (Wildman–Crippen MR) is 122 cm³/mol. The van der Waals surface area contributed by atoms with Crippen molar-refractivity contribution in [3.8, 4) is 0 Å². The lowest BCUT2D eigenvalue weighted by Crippen LogP contribution is -2.42. The molecule has 4 rings (SSSR count). The van der Waals surface area contributed by atoms with Gasteiger partial charge in [0.25, 0.3) is 5.91 Å². The van der Waals surface area contributed by atoms with Crippen molar-refractivity contribution in [1.82, 2.24) is 14.6 Å². The molecule has 0 radical (unpaired) electrons. The number of benzene rings is 2. The second-order valence-electron chi connectivity index (χ2n) is 8.77. The molecule has 1 aromatic heterocycles. The van der Waals surface area contributed by atoms with Crippen LogP contribution in [0.1, 0.15) is 41.9 Å². The Bertz CT molecular complexity index is 1190. The Morgan fingerprint density at radius 2 is 1.77 bits per heavy atom. The highest BCUT2D eigenvalue weighted by Gasteiger charge is 2.32. The van der Waals surface area contributed by atoms with E-state index in [0.29, 0.717) is 37.2 Å². The first-order chi connectivity index (χ1) is 14.8. The minimum absolute atomic E-state index is 0.208. The van der Waals surface area contributed by atoms with Crippen LogP contribution in [-0.4, -0.2) is 36.7 Å². The molecule has 164 valence electrons. The van der Waals surface area contributed by atoms with E-state index in [9.17, 15) is 13.2 Å². The lowest BCUT2D eigenvalue weighted by atomic mass is 9.94. The molecule has 31 heavy (non-hydrogen) atoms. The van der Waals surface area contributed by atoms with Gasteiger partial charge < -0.3 is 10.3 Å². The molecule has 0 spiro atoms. The van der Waals surface area contributed by atoms with Gasteiger partial charge in [0.2, 0.25) is 10.0 Å². The zero-order valence-electron chi connectivity index (χ0n) is 18.2. The molecule has 1 aliphatic rings. The number of carbonyl (C=O) groups excluding carboxylic acids is 1. The van der Waals surface area contributed by atoms with Gasteiger partial charge in [-0.15, -0.1) is 0 Å². The van der Waals surface area contributed by atoms with E-state index in [4.69, 9.17) is 0 Å². The third kappa shape index (κ3) is 4.38. The number of piperidine rings is 1. The lowest BCUT2D eigenvalue weighted by Gasteiger charge is -2.34. The Labute approximate surface area is 183 Å². The summed E-state index contributed by atoms with van der Waals surface area (Å²) < 4.78 is 28.1. The number of aromatic amines is 1. The molecule has 2 unspecified atom stereocenters. The minimum atomic E-state index is -3.57. The fourth-order valence-electron chi connectivity index (χ4n) is 4.51. The number of carbonyl (C=O) groups is 1. The maximum atomic E-state index is 13.3. The number of aryl methyl sites for hydroxylation is 1. The maximum absolute atomic E-state index is 13.3. The fourth-order valence-corrected chi connectivity index (χ4v) is 6.22. The van der Waals surface area contributed by atoms with Crippen LogP contribution in [0.4, 0.5) is 0 Å². The number of hydrogen-bond acceptors (Lipinski definition) is 3. The first-order valence-electron chi connectivity index (χ1n) is 10.7. The van der Waals surface area contributed by atoms with Crippen molar-refractivity contribution >= 4 is 26.8 Å². The summed E-state index contributed by atoms with van der Waals surface area (Å²) >= 11 is 0. The van der Waals surface area contributed by atoms with Crippen LogP contribution >= 0.6 is 0 Å². The third-order valence-electron chi connectivity index (χ3n) is 6.03. The first-order valence-corrected chi connectivity index (χ1v) is 12.1. The van der Waals surface area contributed by atoms with Gasteiger partial charge in [-0.2, -0.15) is 4.31 Å². The molecule has 2 aromatic carbocycles. The number of rotatable bonds is 5. The monoisotopic (exact) mass is 439 g/mol. The van der Waals surface area contributed by atoms with Crippen molar-refractivity contribution in [2.45, 2.75) is 38.6 Å². The second kappa shape index (κ2) is 8.48. The van der Waals surface area contributed by atoms with Gasteiger partial charge >= 0.3 is 0 Å². The van der Waals surface area contributed by atoms with Crippen LogP contribution in [0, 0.1) is 18.8 Å². The highest BCUT2D eigenvalue weighted by Crippen LogP contribution is 2.30. The molecule has 1 amide bonds. The Hall–Kier alpha value is -2.64. The topological polar surface area (TPSA) is 82.3 Å². The molecule has 0 saturated carbocycles. The average Bonchev–Trinajstić information content (AvgIpc) is 3.08. The molecule has 0 bridgehead atoms. The summed E-state index contributed by atoms with van der Waals surface area (Å²) in [6.45, 7) is 7.56. The number of nitrogens with zero attached hydrogens (tertiary/aromatic N) is 1. The van der Waals surface area contributed by atoms with E-state index in [1.807, 2.05) is 37.3 Å². The number of fused-ring (bicyclic) bond motifs is 1. The van der Waals surface area contributed by atoms with E-state index >= 15 is 0 Å². The Morgan fingerprint density at radius 3 is 2.45 bits per heavy atom. The van der Waals surface area contributed by atoms with Crippen molar-refractivity contribution in [3.63, 3.8) is 0 Å². The molecule has 6 nitrogen and oxygen atoms in total. The standard InChI is InChI=1S/C24H29N3O3S/c1-16-11-17(2)15-27(14-16)31(29,30)20-9-10-22-21(12-20)18(3)23(26-22)24(28)25-13-19-7-5-4-6-8-19/h4-10,12,16-17,26H,11,13-15H2,1-3H3,(H,25,28). The summed E-state index contributed by atoms with van der Waals surface area (Å²) in [5.41, 5.74) is 2.98. The van der Waals surface area contributed by atoms with Gasteiger partial charge in [0, 0.05) is 30.5 Å². The van der Waals surface area contributed by atoms with Crippen molar-refractivity contribution < 1.29 is 13.2 Å². The molecule has 2 N–H and O–H groups in total. The molecular formula is C24H29N3O3S. The first kappa shape index (κ1) is 21.6. The van der Waals surface area contributed by atoms with Crippen LogP contribution in [-0.2, 0) is 16.6 Å². The maximum Gasteiger partial charge on any atom is 0.268 e. The highest BCUT2D eigenvalue weighted by molar-refractivity contribution is 7.89. The van der Waals surface area contributed by atoms with Gasteiger partial charge in [-0.3, -0.25) is 4.79 Å². The van der Waals surface area contributed by atoms with E-state index in [1.54, 1.807) is 22.5 Å². The number of aromatic nitrogens is 1. The van der Waals surface area contributed by atoms with Gasteiger partial charge in [0.15, 0.2) is 0 Å². The molecular weight excluding hydrogens is 410 g/mol. The third-order valence-corrected chi connectivity index (χ3v) is 7.85. The van der Waals surface area contributed by atoms with Crippen molar-refractivity contribution in [1.29, 1.82) is 0 Å². The van der Waals surface area contributed by atoms with E-state index < -0.39 is 10.0 Å². The van der Waals surface area contributed by atoms with Crippen LogP contribution in [0.5, 0.6) is 0 Å². The van der Waals surface area contributed by atoms with Gasteiger partial charge in [-0.25, -0.2) is 8.42 Å². The van der Waals surface area contributed by atoms with Crippen LogP contribution < -0.4 is 5.32 Å². The zero-order valence-corrected chi connectivity index (χ0v) is 19.0. The van der Waals surface area contributed by atoms with Crippen molar-refractivity contribution in [2.24, 2.45) is 11.8 Å². The summed E-state index contributed by atoms with van der Waals surface area (Å²) in [6.07, 6.45) is 1.05. The lowest BCUT2D eigenvalue weighted by molar-refractivity contribution is 0.0946. The van der Waals surface area contributed by atoms with E-state index in [-0.39, 0.29) is 10.8 Å². The molecule has 1 fully saturated rings. The zero-order chi connectivity index (χ0) is 22.2. The largest absolute Gasteiger partial charge is 0.350 e. The van der Waals surface area contributed by atoms with E-state index in [0.717, 1.165) is 28.5 Å². The summed E-state index contributed by atoms with van der Waals surface area (Å²) in [4.78, 5) is 16.2. The van der Waals surface area contributed by atoms with Crippen LogP contribution in [0.25, 0.3) is 10.9 Å². The van der Waals surface area contributed by atoms with Crippen molar-refractivity contribution in [2.75, 3.05) is 13.1 Å². The Balaban J connectivity index is 1.60. The molecule has 7 heteroatoms. The number of hydrogen-bond donors (Lipinski definition) is 2. The number of H-pyrrole nitrogens is 1. The van der Waals surface area contributed by atoms with Crippen LogP contribution in [0.3, 0.4) is 0 Å². The predicted octanol–water partition coefficient (Wildman–Crippen LogP) is 4.07. The number of amides is 1. The minimum Gasteiger partial charge on any atom is -0.350 e. The highest BCUT2D eigenvalue weighted by atomic mass is 32.2. The summed E-state index contributed by atoms with van der Waals surface area (Å²) in [5, 5.41) is 3.68. The molecule has 3 aromatic rings. The van der Waals surface area contributed by atoms with Gasteiger partial charge in [0.1, 0.15) is 5.69 Å². The fraction of sp³-hybridized carbons (Fsp3) is 0.375. The smallest absolute Gasteiger partial charge is 0.268 e. The summed E-state index contributed by atoms with van der Waals surface area (Å²) in [7, 11) is -3.57. The number of sulfonamides is 1. The Kier molecular flexibility index (Phi) is 5.90. The quantitative estimate of drug-likeness (QED) is 0.629. The molecule has 0 aliphatic carbocycles. The van der Waals surface area contributed by atoms with E-state index in [1.165, 1.54) is 0 Å². The SMILES string of the molecule is Cc1c(C(=O)NCc2ccccc2)[nH]c2ccc(S(=O)(=O)N3CC(C)CC(C)C3)cc12. The molecule has 2 heterocycles. The van der Waals surface area contributed by atoms with Crippen molar-refractivity contribution in [3.05, 3.63) is 65.4 Å². The molecule has 1 saturated heterocycles. The van der Waals surface area contributed by atoms with E-state index in [2.05, 4.69) is 24.1 Å². The van der Waals surface area contributed by atoms with Crippen LogP contribution in [0.2, 0.25) is 0 Å². The van der Waals surface area contributed by atoms with Gasteiger partial charge in [0.05, 0.1) is 4.90 Å². The number of nitrogens with one attached hydrogen (secondary N) is 2. The summed E-state index contributed by atoms with van der Waals surface area (Å²) in [6, 6.07) is 14.8. The normalized spacial score (nSPS) is 20.1. The molecule has 1 aliphatic heterocycles. The second-order valence-corrected chi connectivity index (χ2v) is 10.7. The van der Waals surface area contributed by atoms with Gasteiger partial charge in [-0.1, -0.05) is 44.2 Å². The van der Waals surface area contributed by atoms with Gasteiger partial charge in [-0.05, 0) is 54.5 Å². The molecule has 2 atom stereocenters. The summed E-state index contributed by atoms with van der Waals surface area (Å²) in [5.74, 6) is 0.480. The average molecular weight is 440 g/mol. The van der Waals surface area contributed by atoms with Crippen LogP contribution in [0.15, 0.2) is 53.4 Å². The Morgan fingerprint density at radius 1 is 1.10 bits per heavy atom.